The fourth-order valence-corrected chi connectivity index (χ4v) is 4.12. The molecule has 1 amide bonds. The van der Waals surface area contributed by atoms with Crippen molar-refractivity contribution in [3.63, 3.8) is 0 Å². The SMILES string of the molecule is Cc1ccc(CSCCC(=O)N2CCOC(COn3nnc4cccnc43)C2)cc1. The molecule has 3 aromatic rings. The first-order chi connectivity index (χ1) is 14.7. The second-order valence-electron chi connectivity index (χ2n) is 7.23. The second-order valence-corrected chi connectivity index (χ2v) is 8.33. The zero-order valence-electron chi connectivity index (χ0n) is 16.9. The molecule has 1 fully saturated rings. The number of amides is 1. The third kappa shape index (κ3) is 5.28. The van der Waals surface area contributed by atoms with Gasteiger partial charge < -0.3 is 14.5 Å². The summed E-state index contributed by atoms with van der Waals surface area (Å²) >= 11 is 1.79. The number of carbonyl (C=O) groups excluding carboxylic acids is 1. The smallest absolute Gasteiger partial charge is 0.223 e. The minimum absolute atomic E-state index is 0.160. The molecule has 4 rings (SSSR count). The molecule has 1 aliphatic rings. The van der Waals surface area contributed by atoms with Crippen molar-refractivity contribution in [3.8, 4) is 0 Å². The number of nitrogens with zero attached hydrogens (tertiary/aromatic N) is 5. The van der Waals surface area contributed by atoms with Gasteiger partial charge in [0, 0.05) is 30.7 Å². The van der Waals surface area contributed by atoms with Gasteiger partial charge in [0.25, 0.3) is 0 Å². The van der Waals surface area contributed by atoms with Crippen LogP contribution in [-0.2, 0) is 15.3 Å². The third-order valence-corrected chi connectivity index (χ3v) is 5.94. The zero-order chi connectivity index (χ0) is 20.8. The van der Waals surface area contributed by atoms with Crippen LogP contribution in [0.15, 0.2) is 42.6 Å². The summed E-state index contributed by atoms with van der Waals surface area (Å²) in [5, 5.41) is 7.97. The molecule has 1 aromatic carbocycles. The molecule has 30 heavy (non-hydrogen) atoms. The Morgan fingerprint density at radius 3 is 3.03 bits per heavy atom. The highest BCUT2D eigenvalue weighted by molar-refractivity contribution is 7.98. The van der Waals surface area contributed by atoms with Crippen LogP contribution in [0.3, 0.4) is 0 Å². The molecule has 0 aliphatic carbocycles. The minimum atomic E-state index is -0.203. The van der Waals surface area contributed by atoms with Crippen molar-refractivity contribution in [1.29, 1.82) is 0 Å². The largest absolute Gasteiger partial charge is 0.391 e. The van der Waals surface area contributed by atoms with Gasteiger partial charge in [0.15, 0.2) is 0 Å². The summed E-state index contributed by atoms with van der Waals surface area (Å²) in [6, 6.07) is 12.2. The lowest BCUT2D eigenvalue weighted by molar-refractivity contribution is -0.141. The van der Waals surface area contributed by atoms with Gasteiger partial charge in [-0.05, 0) is 29.8 Å². The Morgan fingerprint density at radius 1 is 1.30 bits per heavy atom. The van der Waals surface area contributed by atoms with E-state index >= 15 is 0 Å². The number of pyridine rings is 1. The minimum Gasteiger partial charge on any atom is -0.391 e. The summed E-state index contributed by atoms with van der Waals surface area (Å²) in [5.74, 6) is 1.89. The monoisotopic (exact) mass is 427 g/mol. The van der Waals surface area contributed by atoms with Crippen LogP contribution >= 0.6 is 11.8 Å². The summed E-state index contributed by atoms with van der Waals surface area (Å²) in [4.78, 5) is 25.7. The lowest BCUT2D eigenvalue weighted by Crippen LogP contribution is -2.48. The molecular weight excluding hydrogens is 402 g/mol. The van der Waals surface area contributed by atoms with E-state index in [9.17, 15) is 4.79 Å². The van der Waals surface area contributed by atoms with E-state index in [-0.39, 0.29) is 18.6 Å². The van der Waals surface area contributed by atoms with Crippen molar-refractivity contribution >= 4 is 28.8 Å². The summed E-state index contributed by atoms with van der Waals surface area (Å²) in [6.07, 6.45) is 1.99. The second kappa shape index (κ2) is 9.90. The number of hydrogen-bond acceptors (Lipinski definition) is 7. The van der Waals surface area contributed by atoms with Gasteiger partial charge in [0.2, 0.25) is 11.6 Å². The summed E-state index contributed by atoms with van der Waals surface area (Å²) < 4.78 is 5.76. The molecule has 0 radical (unpaired) electrons. The fraction of sp³-hybridized carbons (Fsp3) is 0.429. The standard InChI is InChI=1S/C21H25N5O3S/c1-16-4-6-17(7-5-16)15-30-12-8-20(27)25-10-11-28-18(13-25)14-29-26-21-19(23-24-26)3-2-9-22-21/h2-7,9,18H,8,10-15H2,1H3. The molecule has 9 heteroatoms. The van der Waals surface area contributed by atoms with Gasteiger partial charge in [0.05, 0.1) is 13.2 Å². The maximum atomic E-state index is 12.6. The van der Waals surface area contributed by atoms with E-state index in [1.165, 1.54) is 16.0 Å². The average molecular weight is 428 g/mol. The molecule has 158 valence electrons. The predicted octanol–water partition coefficient (Wildman–Crippen LogP) is 2.11. The maximum Gasteiger partial charge on any atom is 0.223 e. The Morgan fingerprint density at radius 2 is 2.17 bits per heavy atom. The van der Waals surface area contributed by atoms with Gasteiger partial charge in [-0.1, -0.05) is 34.7 Å². The lowest BCUT2D eigenvalue weighted by atomic mass is 10.2. The highest BCUT2D eigenvalue weighted by Crippen LogP contribution is 2.15. The molecule has 2 aromatic heterocycles. The summed E-state index contributed by atoms with van der Waals surface area (Å²) in [7, 11) is 0. The van der Waals surface area contributed by atoms with Gasteiger partial charge in [-0.15, -0.1) is 5.10 Å². The van der Waals surface area contributed by atoms with E-state index < -0.39 is 0 Å². The molecular formula is C21H25N5O3S. The molecule has 0 saturated carbocycles. The van der Waals surface area contributed by atoms with E-state index in [1.807, 2.05) is 11.0 Å². The van der Waals surface area contributed by atoms with Crippen molar-refractivity contribution in [1.82, 2.24) is 25.0 Å². The number of thioether (sulfide) groups is 1. The Hall–Kier alpha value is -2.65. The Bertz CT molecular complexity index is 978. The predicted molar refractivity (Wildman–Crippen MR) is 115 cm³/mol. The van der Waals surface area contributed by atoms with Crippen LogP contribution < -0.4 is 4.84 Å². The van der Waals surface area contributed by atoms with Gasteiger partial charge in [0.1, 0.15) is 18.2 Å². The Labute approximate surface area is 179 Å². The van der Waals surface area contributed by atoms with Gasteiger partial charge in [-0.3, -0.25) is 4.79 Å². The molecule has 8 nitrogen and oxygen atoms in total. The summed E-state index contributed by atoms with van der Waals surface area (Å²) in [5.41, 5.74) is 3.78. The van der Waals surface area contributed by atoms with Crippen molar-refractivity contribution < 1.29 is 14.4 Å². The van der Waals surface area contributed by atoms with Gasteiger partial charge in [-0.25, -0.2) is 4.98 Å². The van der Waals surface area contributed by atoms with Crippen LogP contribution in [0.1, 0.15) is 17.5 Å². The van der Waals surface area contributed by atoms with E-state index in [4.69, 9.17) is 9.57 Å². The Balaban J connectivity index is 1.20. The van der Waals surface area contributed by atoms with E-state index in [0.717, 1.165) is 11.5 Å². The number of carbonyl (C=O) groups is 1. The van der Waals surface area contributed by atoms with Crippen molar-refractivity contribution in [3.05, 3.63) is 53.7 Å². The number of benzene rings is 1. The molecule has 0 N–H and O–H groups in total. The maximum absolute atomic E-state index is 12.6. The van der Waals surface area contributed by atoms with E-state index in [0.29, 0.717) is 37.3 Å². The quantitative estimate of drug-likeness (QED) is 0.509. The van der Waals surface area contributed by atoms with Crippen LogP contribution in [0.5, 0.6) is 0 Å². The van der Waals surface area contributed by atoms with Crippen LogP contribution in [-0.4, -0.2) is 69.1 Å². The van der Waals surface area contributed by atoms with Crippen molar-refractivity contribution in [2.75, 3.05) is 32.1 Å². The first kappa shape index (κ1) is 20.6. The molecule has 1 atom stereocenters. The number of aromatic nitrogens is 4. The van der Waals surface area contributed by atoms with Crippen LogP contribution in [0.4, 0.5) is 0 Å². The van der Waals surface area contributed by atoms with Crippen LogP contribution in [0, 0.1) is 6.92 Å². The highest BCUT2D eigenvalue weighted by Gasteiger charge is 2.25. The Kier molecular flexibility index (Phi) is 6.81. The van der Waals surface area contributed by atoms with Gasteiger partial charge >= 0.3 is 0 Å². The average Bonchev–Trinajstić information content (AvgIpc) is 3.20. The number of aryl methyl sites for hydroxylation is 1. The number of morpholine rings is 1. The molecule has 3 heterocycles. The van der Waals surface area contributed by atoms with Crippen LogP contribution in [0.25, 0.3) is 11.2 Å². The normalized spacial score (nSPS) is 16.7. The number of hydrogen-bond donors (Lipinski definition) is 0. The number of ether oxygens (including phenoxy) is 1. The van der Waals surface area contributed by atoms with Gasteiger partial charge in [-0.2, -0.15) is 11.8 Å². The summed E-state index contributed by atoms with van der Waals surface area (Å²) in [6.45, 7) is 4.00. The first-order valence-electron chi connectivity index (χ1n) is 10.0. The molecule has 1 unspecified atom stereocenters. The first-order valence-corrected chi connectivity index (χ1v) is 11.2. The fourth-order valence-electron chi connectivity index (χ4n) is 3.22. The van der Waals surface area contributed by atoms with E-state index in [2.05, 4.69) is 46.5 Å². The zero-order valence-corrected chi connectivity index (χ0v) is 17.8. The van der Waals surface area contributed by atoms with Crippen molar-refractivity contribution in [2.45, 2.75) is 25.2 Å². The highest BCUT2D eigenvalue weighted by atomic mass is 32.2. The molecule has 0 spiro atoms. The van der Waals surface area contributed by atoms with Crippen LogP contribution in [0.2, 0.25) is 0 Å². The number of fused-ring (bicyclic) bond motifs is 1. The third-order valence-electron chi connectivity index (χ3n) is 4.90. The number of rotatable bonds is 8. The lowest BCUT2D eigenvalue weighted by Gasteiger charge is -2.32. The molecule has 1 saturated heterocycles. The topological polar surface area (TPSA) is 82.4 Å². The molecule has 0 bridgehead atoms. The van der Waals surface area contributed by atoms with Crippen molar-refractivity contribution in [2.24, 2.45) is 0 Å². The van der Waals surface area contributed by atoms with E-state index in [1.54, 1.807) is 24.0 Å². The molecule has 1 aliphatic heterocycles.